The zero-order chi connectivity index (χ0) is 22.2. The molecule has 0 nitrogen and oxygen atoms in total. The molecule has 0 aliphatic rings. The Kier molecular flexibility index (Phi) is 10.7. The van der Waals surface area contributed by atoms with E-state index in [2.05, 4.69) is 94.7 Å². The van der Waals surface area contributed by atoms with Crippen LogP contribution in [0.15, 0.2) is 48.5 Å². The van der Waals surface area contributed by atoms with Crippen molar-refractivity contribution in [3.63, 3.8) is 0 Å². The van der Waals surface area contributed by atoms with Gasteiger partial charge in [-0.15, -0.1) is 0 Å². The normalized spacial score (nSPS) is 13.4. The second kappa shape index (κ2) is 12.2. The number of hydrogen-bond donors (Lipinski definition) is 0. The topological polar surface area (TPSA) is 0 Å². The van der Waals surface area contributed by atoms with Crippen molar-refractivity contribution in [3.8, 4) is 0 Å². The van der Waals surface area contributed by atoms with E-state index in [1.807, 2.05) is 0 Å². The molecule has 0 heterocycles. The zero-order valence-electron chi connectivity index (χ0n) is 20.3. The standard InChI is InChI=1S/C26H42Se2Si2/c1-8-9-10-11-12-24(28-23-15-19-26(20-16-23)30(5,6)7)21-27-22-13-17-25(18-14-22)29(2,3)4/h13-20,24H,8-12,21H2,1-7H3. The maximum atomic E-state index is 2.45. The van der Waals surface area contributed by atoms with Gasteiger partial charge in [0, 0.05) is 0 Å². The Balaban J connectivity index is 2.00. The summed E-state index contributed by atoms with van der Waals surface area (Å²) in [5.41, 5.74) is 0. The van der Waals surface area contributed by atoms with E-state index in [-0.39, 0.29) is 0 Å². The van der Waals surface area contributed by atoms with Gasteiger partial charge in [0.25, 0.3) is 0 Å². The minimum atomic E-state index is -1.19. The van der Waals surface area contributed by atoms with Crippen LogP contribution in [0.4, 0.5) is 0 Å². The van der Waals surface area contributed by atoms with Gasteiger partial charge in [0.2, 0.25) is 0 Å². The first-order valence-electron chi connectivity index (χ1n) is 11.6. The molecular formula is C26H42Se2Si2. The quantitative estimate of drug-likeness (QED) is 0.241. The van der Waals surface area contributed by atoms with Gasteiger partial charge in [-0.25, -0.2) is 0 Å². The second-order valence-electron chi connectivity index (χ2n) is 10.4. The van der Waals surface area contributed by atoms with Gasteiger partial charge < -0.3 is 0 Å². The summed E-state index contributed by atoms with van der Waals surface area (Å²) in [4.78, 5) is 0.892. The number of benzene rings is 2. The third-order valence-corrected chi connectivity index (χ3v) is 15.9. The molecule has 1 unspecified atom stereocenters. The fraction of sp³-hybridized carbons (Fsp3) is 0.538. The molecule has 0 fully saturated rings. The van der Waals surface area contributed by atoms with Gasteiger partial charge in [-0.2, -0.15) is 0 Å². The predicted octanol–water partition coefficient (Wildman–Crippen LogP) is 5.31. The fourth-order valence-electron chi connectivity index (χ4n) is 3.44. The van der Waals surface area contributed by atoms with E-state index in [4.69, 9.17) is 0 Å². The summed E-state index contributed by atoms with van der Waals surface area (Å²) in [5, 5.41) is 4.58. The van der Waals surface area contributed by atoms with Crippen molar-refractivity contribution in [3.05, 3.63) is 48.5 Å². The van der Waals surface area contributed by atoms with Gasteiger partial charge in [-0.1, -0.05) is 0 Å². The first-order chi connectivity index (χ1) is 14.1. The fourth-order valence-corrected chi connectivity index (χ4v) is 11.3. The van der Waals surface area contributed by atoms with Gasteiger partial charge in [-0.05, 0) is 0 Å². The van der Waals surface area contributed by atoms with Crippen LogP contribution in [0.2, 0.25) is 49.4 Å². The van der Waals surface area contributed by atoms with Gasteiger partial charge in [-0.3, -0.25) is 0 Å². The molecule has 166 valence electrons. The third-order valence-electron chi connectivity index (χ3n) is 5.56. The summed E-state index contributed by atoms with van der Waals surface area (Å²) in [7, 11) is -2.37. The van der Waals surface area contributed by atoms with Crippen molar-refractivity contribution in [1.29, 1.82) is 0 Å². The van der Waals surface area contributed by atoms with Crippen LogP contribution >= 0.6 is 0 Å². The number of hydrogen-bond acceptors (Lipinski definition) is 0. The number of unbranched alkanes of at least 4 members (excludes halogenated alkanes) is 3. The van der Waals surface area contributed by atoms with Crippen molar-refractivity contribution in [1.82, 2.24) is 0 Å². The summed E-state index contributed by atoms with van der Waals surface area (Å²) in [6.07, 6.45) is 6.98. The molecule has 0 N–H and O–H groups in total. The molecular weight excluding hydrogens is 526 g/mol. The van der Waals surface area contributed by atoms with Crippen LogP contribution in [0.25, 0.3) is 0 Å². The van der Waals surface area contributed by atoms with Crippen molar-refractivity contribution in [2.75, 3.05) is 0 Å². The molecule has 1 atom stereocenters. The molecule has 0 saturated carbocycles. The van der Waals surface area contributed by atoms with E-state index < -0.39 is 16.1 Å². The molecule has 4 heteroatoms. The van der Waals surface area contributed by atoms with Gasteiger partial charge in [0.05, 0.1) is 0 Å². The van der Waals surface area contributed by atoms with E-state index in [1.165, 1.54) is 37.4 Å². The zero-order valence-corrected chi connectivity index (χ0v) is 25.7. The van der Waals surface area contributed by atoms with Gasteiger partial charge >= 0.3 is 202 Å². The first kappa shape index (κ1) is 26.2. The van der Waals surface area contributed by atoms with Crippen LogP contribution in [0.3, 0.4) is 0 Å². The SMILES string of the molecule is CCCCCCC(C[Se]c1ccc([Si](C)(C)C)cc1)[Se]c1ccc([Si](C)(C)C)cc1. The summed E-state index contributed by atoms with van der Waals surface area (Å²) in [6, 6.07) is 19.4. The van der Waals surface area contributed by atoms with Crippen molar-refractivity contribution in [2.24, 2.45) is 0 Å². The van der Waals surface area contributed by atoms with Crippen LogP contribution in [0.1, 0.15) is 39.0 Å². The Labute approximate surface area is 201 Å². The molecule has 0 aliphatic carbocycles. The Morgan fingerprint density at radius 1 is 0.667 bits per heavy atom. The van der Waals surface area contributed by atoms with Crippen LogP contribution in [0, 0.1) is 0 Å². The molecule has 0 aliphatic heterocycles. The molecule has 0 amide bonds. The molecule has 0 aromatic heterocycles. The maximum absolute atomic E-state index is 2.45. The van der Waals surface area contributed by atoms with E-state index in [0.29, 0.717) is 29.9 Å². The molecule has 0 spiro atoms. The Bertz CT molecular complexity index is 741. The second-order valence-corrected chi connectivity index (χ2v) is 25.8. The predicted molar refractivity (Wildman–Crippen MR) is 147 cm³/mol. The van der Waals surface area contributed by atoms with Crippen molar-refractivity contribution < 1.29 is 0 Å². The molecule has 0 bridgehead atoms. The van der Waals surface area contributed by atoms with Crippen LogP contribution in [-0.2, 0) is 0 Å². The molecule has 30 heavy (non-hydrogen) atoms. The minimum absolute atomic E-state index is 0.601. The van der Waals surface area contributed by atoms with Crippen LogP contribution in [-0.4, -0.2) is 46.1 Å². The molecule has 0 saturated heterocycles. The van der Waals surface area contributed by atoms with Crippen molar-refractivity contribution in [2.45, 2.75) is 88.4 Å². The summed E-state index contributed by atoms with van der Waals surface area (Å²) < 4.78 is 3.20. The van der Waals surface area contributed by atoms with Crippen LogP contribution in [0.5, 0.6) is 0 Å². The van der Waals surface area contributed by atoms with E-state index in [0.717, 1.165) is 4.82 Å². The summed E-state index contributed by atoms with van der Waals surface area (Å²) in [6.45, 7) is 17.0. The molecule has 0 radical (unpaired) electrons. The van der Waals surface area contributed by atoms with E-state index in [9.17, 15) is 0 Å². The average molecular weight is 569 g/mol. The molecule has 2 rings (SSSR count). The van der Waals surface area contributed by atoms with E-state index >= 15 is 0 Å². The van der Waals surface area contributed by atoms with Crippen LogP contribution < -0.4 is 19.3 Å². The van der Waals surface area contributed by atoms with E-state index in [1.54, 1.807) is 19.3 Å². The Morgan fingerprint density at radius 2 is 1.17 bits per heavy atom. The van der Waals surface area contributed by atoms with Gasteiger partial charge in [0.1, 0.15) is 0 Å². The summed E-state index contributed by atoms with van der Waals surface area (Å²) >= 11 is 1.21. The number of rotatable bonds is 12. The summed E-state index contributed by atoms with van der Waals surface area (Å²) in [5.74, 6) is 0. The molecule has 2 aromatic carbocycles. The first-order valence-corrected chi connectivity index (χ1v) is 22.5. The Morgan fingerprint density at radius 3 is 1.63 bits per heavy atom. The third kappa shape index (κ3) is 9.19. The van der Waals surface area contributed by atoms with Gasteiger partial charge in [0.15, 0.2) is 0 Å². The average Bonchev–Trinajstić information content (AvgIpc) is 2.68. The molecule has 2 aromatic rings. The monoisotopic (exact) mass is 570 g/mol. The Hall–Kier alpha value is -0.0873. The van der Waals surface area contributed by atoms with Crippen molar-refractivity contribution >= 4 is 65.4 Å².